The van der Waals surface area contributed by atoms with E-state index in [2.05, 4.69) is 4.98 Å². The van der Waals surface area contributed by atoms with Crippen LogP contribution >= 0.6 is 0 Å². The molecule has 2 rings (SSSR count). The average molecular weight is 188 g/mol. The summed E-state index contributed by atoms with van der Waals surface area (Å²) in [5, 5.41) is 9.27. The van der Waals surface area contributed by atoms with Crippen LogP contribution in [0.15, 0.2) is 15.4 Å². The second kappa shape index (κ2) is 2.74. The minimum atomic E-state index is -0.214. The number of nitriles is 1. The number of aromatic nitrogens is 1. The lowest BCUT2D eigenvalue weighted by atomic mass is 10.1. The molecule has 14 heavy (non-hydrogen) atoms. The Labute approximate surface area is 79.8 Å². The summed E-state index contributed by atoms with van der Waals surface area (Å²) in [6.07, 6.45) is 1.37. The fourth-order valence-corrected chi connectivity index (χ4v) is 1.45. The number of rotatable bonds is 0. The van der Waals surface area contributed by atoms with Crippen molar-refractivity contribution in [3.8, 4) is 6.07 Å². The van der Waals surface area contributed by atoms with Gasteiger partial charge >= 0.3 is 0 Å². The molecule has 0 saturated heterocycles. The van der Waals surface area contributed by atoms with E-state index in [1.165, 1.54) is 6.20 Å². The van der Waals surface area contributed by atoms with Crippen molar-refractivity contribution in [2.75, 3.05) is 0 Å². The highest BCUT2D eigenvalue weighted by Crippen LogP contribution is 2.23. The van der Waals surface area contributed by atoms with Gasteiger partial charge in [-0.25, -0.2) is 0 Å². The first kappa shape index (κ1) is 8.57. The molecule has 0 fully saturated rings. The highest BCUT2D eigenvalue weighted by molar-refractivity contribution is 5.85. The molecule has 0 saturated carbocycles. The molecule has 4 heteroatoms. The molecule has 0 unspecified atom stereocenters. The predicted molar refractivity (Wildman–Crippen MR) is 51.0 cm³/mol. The summed E-state index contributed by atoms with van der Waals surface area (Å²) < 4.78 is 5.36. The molecule has 0 atom stereocenters. The topological polar surface area (TPSA) is 69.8 Å². The molecule has 2 aromatic heterocycles. The summed E-state index contributed by atoms with van der Waals surface area (Å²) in [7, 11) is 0. The Balaban J connectivity index is 3.08. The van der Waals surface area contributed by atoms with Crippen LogP contribution in [0, 0.1) is 25.2 Å². The van der Waals surface area contributed by atoms with E-state index in [9.17, 15) is 4.79 Å². The van der Waals surface area contributed by atoms with Crippen LogP contribution < -0.4 is 5.56 Å². The van der Waals surface area contributed by atoms with Crippen LogP contribution in [0.2, 0.25) is 0 Å². The van der Waals surface area contributed by atoms with Crippen LogP contribution in [-0.2, 0) is 0 Å². The summed E-state index contributed by atoms with van der Waals surface area (Å²) in [4.78, 5) is 14.0. The first-order valence-electron chi connectivity index (χ1n) is 4.16. The largest absolute Gasteiger partial charge is 0.459 e. The molecule has 2 aromatic rings. The second-order valence-corrected chi connectivity index (χ2v) is 3.13. The zero-order chi connectivity index (χ0) is 10.3. The number of H-pyrrole nitrogens is 1. The lowest BCUT2D eigenvalue weighted by molar-refractivity contribution is 0.574. The van der Waals surface area contributed by atoms with Gasteiger partial charge in [0.15, 0.2) is 5.58 Å². The minimum Gasteiger partial charge on any atom is -0.459 e. The van der Waals surface area contributed by atoms with Crippen molar-refractivity contribution in [2.24, 2.45) is 0 Å². The van der Waals surface area contributed by atoms with Crippen LogP contribution in [0.4, 0.5) is 0 Å². The van der Waals surface area contributed by atoms with E-state index in [0.29, 0.717) is 22.3 Å². The summed E-state index contributed by atoms with van der Waals surface area (Å²) in [5.41, 5.74) is 1.31. The molecule has 1 N–H and O–H groups in total. The van der Waals surface area contributed by atoms with E-state index >= 15 is 0 Å². The molecule has 0 spiro atoms. The maximum atomic E-state index is 11.5. The van der Waals surface area contributed by atoms with E-state index in [0.717, 1.165) is 5.56 Å². The van der Waals surface area contributed by atoms with Crippen LogP contribution in [0.3, 0.4) is 0 Å². The monoisotopic (exact) mass is 188 g/mol. The Morgan fingerprint density at radius 1 is 1.50 bits per heavy atom. The highest BCUT2D eigenvalue weighted by Gasteiger charge is 2.13. The Hall–Kier alpha value is -2.02. The first-order chi connectivity index (χ1) is 6.65. The van der Waals surface area contributed by atoms with Crippen molar-refractivity contribution in [3.05, 3.63) is 33.4 Å². The molecule has 0 aromatic carbocycles. The van der Waals surface area contributed by atoms with Crippen molar-refractivity contribution >= 4 is 11.0 Å². The molecule has 0 radical (unpaired) electrons. The molecule has 2 heterocycles. The van der Waals surface area contributed by atoms with Crippen molar-refractivity contribution < 1.29 is 4.42 Å². The van der Waals surface area contributed by atoms with Gasteiger partial charge in [-0.3, -0.25) is 4.79 Å². The number of fused-ring (bicyclic) bond motifs is 1. The van der Waals surface area contributed by atoms with Crippen molar-refractivity contribution in [2.45, 2.75) is 13.8 Å². The number of aromatic amines is 1. The standard InChI is InChI=1S/C10H8N2O2/c1-5-6(2)14-9-7(3-11)4-12-10(13)8(5)9/h4H,1-2H3,(H,12,13). The molecule has 0 aliphatic heterocycles. The van der Waals surface area contributed by atoms with Crippen molar-refractivity contribution in [1.29, 1.82) is 5.26 Å². The van der Waals surface area contributed by atoms with E-state index in [1.807, 2.05) is 6.07 Å². The number of pyridine rings is 1. The van der Waals surface area contributed by atoms with Gasteiger partial charge in [-0.1, -0.05) is 0 Å². The zero-order valence-corrected chi connectivity index (χ0v) is 7.84. The van der Waals surface area contributed by atoms with Crippen LogP contribution in [0.25, 0.3) is 11.0 Å². The lowest BCUT2D eigenvalue weighted by Gasteiger charge is -1.90. The second-order valence-electron chi connectivity index (χ2n) is 3.13. The lowest BCUT2D eigenvalue weighted by Crippen LogP contribution is -2.05. The summed E-state index contributed by atoms with van der Waals surface area (Å²) in [6, 6.07) is 1.97. The maximum Gasteiger partial charge on any atom is 0.259 e. The highest BCUT2D eigenvalue weighted by atomic mass is 16.3. The third-order valence-corrected chi connectivity index (χ3v) is 2.33. The Kier molecular flexibility index (Phi) is 1.68. The third-order valence-electron chi connectivity index (χ3n) is 2.33. The van der Waals surface area contributed by atoms with Gasteiger partial charge in [0.05, 0.1) is 5.39 Å². The smallest absolute Gasteiger partial charge is 0.259 e. The third kappa shape index (κ3) is 0.958. The molecular formula is C10H8N2O2. The van der Waals surface area contributed by atoms with Gasteiger partial charge in [-0.2, -0.15) is 5.26 Å². The van der Waals surface area contributed by atoms with Gasteiger partial charge in [0.2, 0.25) is 0 Å². The van der Waals surface area contributed by atoms with Gasteiger partial charge in [0, 0.05) is 11.8 Å². The van der Waals surface area contributed by atoms with Gasteiger partial charge in [0.25, 0.3) is 5.56 Å². The number of hydrogen-bond donors (Lipinski definition) is 1. The van der Waals surface area contributed by atoms with Crippen LogP contribution in [0.1, 0.15) is 16.9 Å². The van der Waals surface area contributed by atoms with E-state index in [1.54, 1.807) is 13.8 Å². The summed E-state index contributed by atoms with van der Waals surface area (Å²) in [6.45, 7) is 3.58. The fraction of sp³-hybridized carbons (Fsp3) is 0.200. The minimum absolute atomic E-state index is 0.214. The Morgan fingerprint density at radius 2 is 2.21 bits per heavy atom. The molecule has 70 valence electrons. The first-order valence-corrected chi connectivity index (χ1v) is 4.16. The Morgan fingerprint density at radius 3 is 2.86 bits per heavy atom. The molecule has 4 nitrogen and oxygen atoms in total. The summed E-state index contributed by atoms with van der Waals surface area (Å²) >= 11 is 0. The molecular weight excluding hydrogens is 180 g/mol. The SMILES string of the molecule is Cc1oc2c(C#N)c[nH]c(=O)c2c1C. The normalized spacial score (nSPS) is 10.4. The summed E-state index contributed by atoms with van der Waals surface area (Å²) in [5.74, 6) is 0.674. The molecule has 0 bridgehead atoms. The quantitative estimate of drug-likeness (QED) is 0.682. The zero-order valence-electron chi connectivity index (χ0n) is 7.84. The van der Waals surface area contributed by atoms with E-state index < -0.39 is 0 Å². The number of nitrogens with zero attached hydrogens (tertiary/aromatic N) is 1. The molecule has 0 amide bonds. The number of aryl methyl sites for hydroxylation is 2. The van der Waals surface area contributed by atoms with Crippen molar-refractivity contribution in [1.82, 2.24) is 4.98 Å². The predicted octanol–water partition coefficient (Wildman–Crippen LogP) is 1.61. The fourth-order valence-electron chi connectivity index (χ4n) is 1.45. The van der Waals surface area contributed by atoms with Gasteiger partial charge in [0.1, 0.15) is 17.4 Å². The van der Waals surface area contributed by atoms with Crippen LogP contribution in [-0.4, -0.2) is 4.98 Å². The van der Waals surface area contributed by atoms with E-state index in [4.69, 9.17) is 9.68 Å². The van der Waals surface area contributed by atoms with E-state index in [-0.39, 0.29) is 5.56 Å². The molecule has 0 aliphatic rings. The number of furan rings is 1. The van der Waals surface area contributed by atoms with Gasteiger partial charge in [-0.15, -0.1) is 0 Å². The number of hydrogen-bond acceptors (Lipinski definition) is 3. The molecule has 0 aliphatic carbocycles. The van der Waals surface area contributed by atoms with Crippen molar-refractivity contribution in [3.63, 3.8) is 0 Å². The average Bonchev–Trinajstić information content (AvgIpc) is 2.45. The van der Waals surface area contributed by atoms with Crippen LogP contribution in [0.5, 0.6) is 0 Å². The van der Waals surface area contributed by atoms with Gasteiger partial charge in [-0.05, 0) is 13.8 Å². The Bertz CT molecular complexity index is 599. The maximum absolute atomic E-state index is 11.5. The van der Waals surface area contributed by atoms with Gasteiger partial charge < -0.3 is 9.40 Å². The number of nitrogens with one attached hydrogen (secondary N) is 1.